The minimum absolute atomic E-state index is 0.0487. The molecule has 1 atom stereocenters. The van der Waals surface area contributed by atoms with Crippen LogP contribution in [0.15, 0.2) is 64.4 Å². The lowest BCUT2D eigenvalue weighted by atomic mass is 10.2. The Hall–Kier alpha value is -3.05. The fourth-order valence-electron chi connectivity index (χ4n) is 2.70. The van der Waals surface area contributed by atoms with Crippen LogP contribution < -0.4 is 10.0 Å². The van der Waals surface area contributed by atoms with Gasteiger partial charge in [0.25, 0.3) is 10.0 Å². The molecule has 0 fully saturated rings. The van der Waals surface area contributed by atoms with Crippen LogP contribution in [0.4, 0.5) is 28.9 Å². The first-order valence-corrected chi connectivity index (χ1v) is 11.8. The van der Waals surface area contributed by atoms with Crippen molar-refractivity contribution < 1.29 is 30.8 Å². The van der Waals surface area contributed by atoms with Crippen molar-refractivity contribution in [2.45, 2.75) is 28.9 Å². The first kappa shape index (κ1) is 24.6. The zero-order valence-corrected chi connectivity index (χ0v) is 19.0. The first-order chi connectivity index (χ1) is 15.5. The highest BCUT2D eigenvalue weighted by molar-refractivity contribution is 8.00. The Balaban J connectivity index is 1.66. The van der Waals surface area contributed by atoms with Gasteiger partial charge in [0.05, 0.1) is 10.1 Å². The third-order valence-electron chi connectivity index (χ3n) is 4.48. The number of sulfonamides is 1. The maximum Gasteiger partial charge on any atom is 0.261 e. The summed E-state index contributed by atoms with van der Waals surface area (Å²) in [6, 6.07) is 12.4. The summed E-state index contributed by atoms with van der Waals surface area (Å²) in [5.41, 5.74) is 0.00344. The third kappa shape index (κ3) is 5.85. The second-order valence-corrected chi connectivity index (χ2v) is 10.1. The lowest BCUT2D eigenvalue weighted by Crippen LogP contribution is -2.24. The molecule has 33 heavy (non-hydrogen) atoms. The van der Waals surface area contributed by atoms with Gasteiger partial charge in [-0.2, -0.15) is 0 Å². The van der Waals surface area contributed by atoms with E-state index in [4.69, 9.17) is 0 Å². The number of amides is 1. The molecule has 0 radical (unpaired) electrons. The smallest absolute Gasteiger partial charge is 0.261 e. The van der Waals surface area contributed by atoms with E-state index in [2.05, 4.69) is 4.72 Å². The van der Waals surface area contributed by atoms with Gasteiger partial charge in [0.15, 0.2) is 23.3 Å². The van der Waals surface area contributed by atoms with Crippen LogP contribution in [0.5, 0.6) is 0 Å². The van der Waals surface area contributed by atoms with Crippen molar-refractivity contribution in [3.05, 3.63) is 83.4 Å². The SMILES string of the molecule is Cc1ccc(S(=O)(=O)Nc2ccc(SC(C)C(=O)Nc3c(F)c(F)cc(F)c3F)cc2)cc1. The quantitative estimate of drug-likeness (QED) is 0.257. The Labute approximate surface area is 192 Å². The summed E-state index contributed by atoms with van der Waals surface area (Å²) < 4.78 is 81.5. The molecule has 3 rings (SSSR count). The van der Waals surface area contributed by atoms with Crippen molar-refractivity contribution in [3.63, 3.8) is 0 Å². The molecular formula is C22H18F4N2O3S2. The normalized spacial score (nSPS) is 12.3. The van der Waals surface area contributed by atoms with Crippen LogP contribution in [-0.2, 0) is 14.8 Å². The van der Waals surface area contributed by atoms with Crippen LogP contribution in [0, 0.1) is 30.2 Å². The van der Waals surface area contributed by atoms with Crippen LogP contribution in [0.3, 0.4) is 0 Å². The van der Waals surface area contributed by atoms with Gasteiger partial charge in [-0.05, 0) is 50.2 Å². The number of anilines is 2. The number of benzene rings is 3. The Morgan fingerprint density at radius 1 is 0.909 bits per heavy atom. The van der Waals surface area contributed by atoms with E-state index in [1.807, 2.05) is 12.2 Å². The largest absolute Gasteiger partial charge is 0.320 e. The highest BCUT2D eigenvalue weighted by atomic mass is 32.2. The van der Waals surface area contributed by atoms with E-state index in [0.29, 0.717) is 4.90 Å². The van der Waals surface area contributed by atoms with E-state index < -0.39 is 50.1 Å². The van der Waals surface area contributed by atoms with Crippen molar-refractivity contribution in [1.82, 2.24) is 0 Å². The van der Waals surface area contributed by atoms with Crippen LogP contribution in [0.2, 0.25) is 0 Å². The van der Waals surface area contributed by atoms with Gasteiger partial charge in [-0.15, -0.1) is 11.8 Å². The highest BCUT2D eigenvalue weighted by Gasteiger charge is 2.23. The van der Waals surface area contributed by atoms with Gasteiger partial charge in [-0.25, -0.2) is 26.0 Å². The van der Waals surface area contributed by atoms with Crippen LogP contribution >= 0.6 is 11.8 Å². The molecule has 3 aromatic rings. The lowest BCUT2D eigenvalue weighted by molar-refractivity contribution is -0.115. The summed E-state index contributed by atoms with van der Waals surface area (Å²) in [5, 5.41) is 0.965. The molecule has 0 saturated heterocycles. The average molecular weight is 499 g/mol. The van der Waals surface area contributed by atoms with Gasteiger partial charge in [-0.3, -0.25) is 9.52 Å². The predicted molar refractivity (Wildman–Crippen MR) is 119 cm³/mol. The van der Waals surface area contributed by atoms with Crippen molar-refractivity contribution in [2.75, 3.05) is 10.0 Å². The number of rotatable bonds is 7. The third-order valence-corrected chi connectivity index (χ3v) is 6.99. The standard InChI is InChI=1S/C22H18F4N2O3S2/c1-12-3-9-16(10-4-12)33(30,31)28-14-5-7-15(8-6-14)32-13(2)22(29)27-21-19(25)17(23)11-18(24)20(21)26/h3-11,13,28H,1-2H3,(H,27,29). The molecule has 0 spiro atoms. The summed E-state index contributed by atoms with van der Waals surface area (Å²) in [4.78, 5) is 12.9. The van der Waals surface area contributed by atoms with Gasteiger partial charge in [0, 0.05) is 16.6 Å². The van der Waals surface area contributed by atoms with E-state index in [1.165, 1.54) is 31.2 Å². The Morgan fingerprint density at radius 2 is 1.45 bits per heavy atom. The molecule has 1 unspecified atom stereocenters. The summed E-state index contributed by atoms with van der Waals surface area (Å²) in [6.07, 6.45) is 0. The molecule has 0 bridgehead atoms. The Bertz CT molecular complexity index is 1260. The zero-order valence-electron chi connectivity index (χ0n) is 17.3. The molecule has 0 aromatic heterocycles. The summed E-state index contributed by atoms with van der Waals surface area (Å²) in [7, 11) is -3.78. The fourth-order valence-corrected chi connectivity index (χ4v) is 4.62. The summed E-state index contributed by atoms with van der Waals surface area (Å²) in [5.74, 6) is -7.55. The van der Waals surface area contributed by atoms with Gasteiger partial charge in [-0.1, -0.05) is 17.7 Å². The molecule has 174 valence electrons. The second-order valence-electron chi connectivity index (χ2n) is 7.04. The molecule has 3 aromatic carbocycles. The van der Waals surface area contributed by atoms with E-state index in [0.717, 1.165) is 17.3 Å². The number of hydrogen-bond acceptors (Lipinski definition) is 4. The molecule has 0 saturated carbocycles. The second kappa shape index (κ2) is 9.84. The van der Waals surface area contributed by atoms with Gasteiger partial charge in [0.2, 0.25) is 5.91 Å². The predicted octanol–water partition coefficient (Wildman–Crippen LogP) is 5.47. The summed E-state index contributed by atoms with van der Waals surface area (Å²) >= 11 is 0.994. The number of carbonyl (C=O) groups is 1. The molecule has 0 heterocycles. The number of carbonyl (C=O) groups excluding carboxylic acids is 1. The lowest BCUT2D eigenvalue weighted by Gasteiger charge is -2.14. The highest BCUT2D eigenvalue weighted by Crippen LogP contribution is 2.29. The molecule has 11 heteroatoms. The van der Waals surface area contributed by atoms with Gasteiger partial charge in [0.1, 0.15) is 5.69 Å². The molecule has 1 amide bonds. The number of thioether (sulfide) groups is 1. The number of halogens is 4. The van der Waals surface area contributed by atoms with Crippen molar-refractivity contribution in [2.24, 2.45) is 0 Å². The minimum Gasteiger partial charge on any atom is -0.320 e. The van der Waals surface area contributed by atoms with Gasteiger partial charge >= 0.3 is 0 Å². The van der Waals surface area contributed by atoms with Crippen molar-refractivity contribution >= 4 is 39.1 Å². The first-order valence-electron chi connectivity index (χ1n) is 9.48. The molecular weight excluding hydrogens is 480 g/mol. The number of aryl methyl sites for hydroxylation is 1. The van der Waals surface area contributed by atoms with Gasteiger partial charge < -0.3 is 5.32 Å². The molecule has 2 N–H and O–H groups in total. The average Bonchev–Trinajstić information content (AvgIpc) is 2.76. The maximum absolute atomic E-state index is 13.8. The van der Waals surface area contributed by atoms with Crippen molar-refractivity contribution in [1.29, 1.82) is 0 Å². The maximum atomic E-state index is 13.8. The number of hydrogen-bond donors (Lipinski definition) is 2. The number of nitrogens with one attached hydrogen (secondary N) is 2. The van der Waals surface area contributed by atoms with E-state index in [9.17, 15) is 30.8 Å². The van der Waals surface area contributed by atoms with Crippen LogP contribution in [0.1, 0.15) is 12.5 Å². The van der Waals surface area contributed by atoms with E-state index >= 15 is 0 Å². The van der Waals surface area contributed by atoms with Crippen LogP contribution in [0.25, 0.3) is 0 Å². The molecule has 0 aliphatic rings. The molecule has 5 nitrogen and oxygen atoms in total. The Kier molecular flexibility index (Phi) is 7.33. The van der Waals surface area contributed by atoms with E-state index in [1.54, 1.807) is 24.3 Å². The summed E-state index contributed by atoms with van der Waals surface area (Å²) in [6.45, 7) is 3.27. The Morgan fingerprint density at radius 3 is 2.00 bits per heavy atom. The molecule has 0 aliphatic heterocycles. The topological polar surface area (TPSA) is 75.3 Å². The van der Waals surface area contributed by atoms with Crippen molar-refractivity contribution in [3.8, 4) is 0 Å². The molecule has 0 aliphatic carbocycles. The monoisotopic (exact) mass is 498 g/mol. The minimum atomic E-state index is -3.78. The zero-order chi connectivity index (χ0) is 24.3. The van der Waals surface area contributed by atoms with Crippen LogP contribution in [-0.4, -0.2) is 19.6 Å². The van der Waals surface area contributed by atoms with E-state index in [-0.39, 0.29) is 16.6 Å². The fraction of sp³-hybridized carbons (Fsp3) is 0.136.